The zero-order chi connectivity index (χ0) is 39.5. The van der Waals surface area contributed by atoms with Crippen molar-refractivity contribution in [2.24, 2.45) is 0 Å². The number of esters is 2. The van der Waals surface area contributed by atoms with Crippen LogP contribution in [0.3, 0.4) is 0 Å². The van der Waals surface area contributed by atoms with Gasteiger partial charge < -0.3 is 24.0 Å². The minimum absolute atomic E-state index is 0.0151. The van der Waals surface area contributed by atoms with Crippen LogP contribution in [0, 0.1) is 0 Å². The van der Waals surface area contributed by atoms with Gasteiger partial charge in [-0.05, 0) is 64.2 Å². The molecule has 0 spiro atoms. The van der Waals surface area contributed by atoms with Crippen molar-refractivity contribution >= 4 is 19.8 Å². The van der Waals surface area contributed by atoms with Crippen LogP contribution in [0.2, 0.25) is 0 Å². The molecule has 0 heterocycles. The summed E-state index contributed by atoms with van der Waals surface area (Å²) in [6, 6.07) is 0. The Labute approximate surface area is 323 Å². The molecule has 0 radical (unpaired) electrons. The standard InChI is InChI=1S/C42H76NO9P/c1-6-8-10-11-12-13-14-15-16-19-22-25-29-33-41(45)49-37-40(38-51-53(47,48)50-36-35-43(3,4)5)52-42(46)34-30-26-23-20-17-18-21-24-28-32-39(44)31-27-9-7-2/h9,13-14,21,24,27-28,32,39-40,44H,6-8,10-12,15-20,22-23,25-26,29-31,33-38H2,1-5H3/p+1/b14-13-,24-21+,27-9+,32-28+/t39?,40-/m1/s1. The molecule has 3 atom stereocenters. The number of unbranched alkanes of at least 4 members (excludes halogenated alkanes) is 14. The van der Waals surface area contributed by atoms with E-state index in [4.69, 9.17) is 18.5 Å². The fraction of sp³-hybridized carbons (Fsp3) is 0.762. The van der Waals surface area contributed by atoms with E-state index in [-0.39, 0.29) is 26.1 Å². The second-order valence-electron chi connectivity index (χ2n) is 14.8. The zero-order valence-corrected chi connectivity index (χ0v) is 35.0. The molecule has 0 aromatic carbocycles. The van der Waals surface area contributed by atoms with Crippen LogP contribution in [0.5, 0.6) is 0 Å². The predicted octanol–water partition coefficient (Wildman–Crippen LogP) is 10.1. The first-order chi connectivity index (χ1) is 25.4. The highest BCUT2D eigenvalue weighted by molar-refractivity contribution is 7.47. The lowest BCUT2D eigenvalue weighted by Crippen LogP contribution is -2.37. The van der Waals surface area contributed by atoms with Gasteiger partial charge in [0.1, 0.15) is 19.8 Å². The first kappa shape index (κ1) is 50.9. The second kappa shape index (κ2) is 34.4. The smallest absolute Gasteiger partial charge is 0.462 e. The highest BCUT2D eigenvalue weighted by atomic mass is 31.2. The van der Waals surface area contributed by atoms with Crippen molar-refractivity contribution in [1.82, 2.24) is 0 Å². The first-order valence-electron chi connectivity index (χ1n) is 20.5. The Morgan fingerprint density at radius 3 is 1.85 bits per heavy atom. The van der Waals surface area contributed by atoms with E-state index >= 15 is 0 Å². The minimum Gasteiger partial charge on any atom is -0.462 e. The molecular weight excluding hydrogens is 693 g/mol. The molecule has 0 amide bonds. The normalized spacial score (nSPS) is 14.8. The average Bonchev–Trinajstić information content (AvgIpc) is 3.09. The number of aliphatic hydroxyl groups excluding tert-OH is 1. The van der Waals surface area contributed by atoms with Crippen molar-refractivity contribution in [3.63, 3.8) is 0 Å². The SMILES string of the molecule is CC/C=C/CC(O)/C=C/C=C/CCCCCCCC(=O)O[C@H](COC(=O)CCCCCCC/C=C\CCCCCC)COP(=O)(O)OCC[N+](C)(C)C. The molecule has 2 unspecified atom stereocenters. The van der Waals surface area contributed by atoms with Gasteiger partial charge in [-0.25, -0.2) is 4.57 Å². The van der Waals surface area contributed by atoms with Gasteiger partial charge in [0.15, 0.2) is 6.10 Å². The van der Waals surface area contributed by atoms with Crippen LogP contribution in [0.15, 0.2) is 48.6 Å². The molecule has 0 fully saturated rings. The van der Waals surface area contributed by atoms with Gasteiger partial charge in [0.05, 0.1) is 33.9 Å². The first-order valence-corrected chi connectivity index (χ1v) is 22.0. The zero-order valence-electron chi connectivity index (χ0n) is 34.1. The maximum atomic E-state index is 12.6. The van der Waals surface area contributed by atoms with Crippen molar-refractivity contribution in [2.45, 2.75) is 161 Å². The Balaban J connectivity index is 4.50. The summed E-state index contributed by atoms with van der Waals surface area (Å²) in [6.07, 6.45) is 34.9. The number of phosphoric acid groups is 1. The number of nitrogens with zero attached hydrogens (tertiary/aromatic N) is 1. The van der Waals surface area contributed by atoms with E-state index in [2.05, 4.69) is 32.1 Å². The molecule has 0 aliphatic carbocycles. The van der Waals surface area contributed by atoms with Gasteiger partial charge in [-0.2, -0.15) is 0 Å². The highest BCUT2D eigenvalue weighted by Gasteiger charge is 2.27. The summed E-state index contributed by atoms with van der Waals surface area (Å²) in [5, 5.41) is 9.88. The fourth-order valence-corrected chi connectivity index (χ4v) is 5.90. The summed E-state index contributed by atoms with van der Waals surface area (Å²) in [4.78, 5) is 35.3. The van der Waals surface area contributed by atoms with Gasteiger partial charge in [-0.3, -0.25) is 18.6 Å². The van der Waals surface area contributed by atoms with Crippen molar-refractivity contribution in [2.75, 3.05) is 47.5 Å². The number of carbonyl (C=O) groups excluding carboxylic acids is 2. The molecule has 10 nitrogen and oxygen atoms in total. The number of hydrogen-bond acceptors (Lipinski definition) is 8. The summed E-state index contributed by atoms with van der Waals surface area (Å²) in [5.41, 5.74) is 0. The summed E-state index contributed by atoms with van der Waals surface area (Å²) in [7, 11) is 1.42. The van der Waals surface area contributed by atoms with Crippen molar-refractivity contribution in [1.29, 1.82) is 0 Å². The van der Waals surface area contributed by atoms with Gasteiger partial charge in [0.25, 0.3) is 0 Å². The van der Waals surface area contributed by atoms with E-state index in [0.29, 0.717) is 30.3 Å². The van der Waals surface area contributed by atoms with Crippen molar-refractivity contribution in [3.8, 4) is 0 Å². The van der Waals surface area contributed by atoms with E-state index in [1.54, 1.807) is 6.08 Å². The van der Waals surface area contributed by atoms with Crippen LogP contribution in [-0.2, 0) is 32.7 Å². The molecule has 0 saturated carbocycles. The lowest BCUT2D eigenvalue weighted by Gasteiger charge is -2.24. The van der Waals surface area contributed by atoms with Gasteiger partial charge in [0, 0.05) is 12.8 Å². The monoisotopic (exact) mass is 771 g/mol. The Kier molecular flexibility index (Phi) is 33.1. The molecule has 0 aromatic rings. The van der Waals surface area contributed by atoms with Crippen LogP contribution < -0.4 is 0 Å². The number of phosphoric ester groups is 1. The lowest BCUT2D eigenvalue weighted by molar-refractivity contribution is -0.870. The quantitative estimate of drug-likeness (QED) is 0.0160. The average molecular weight is 771 g/mol. The molecule has 11 heteroatoms. The molecular formula is C42H77NO9P+. The van der Waals surface area contributed by atoms with Crippen LogP contribution in [0.1, 0.15) is 149 Å². The molecule has 0 rings (SSSR count). The number of quaternary nitrogens is 1. The number of likely N-dealkylation sites (N-methyl/N-ethyl adjacent to an activating group) is 1. The van der Waals surface area contributed by atoms with Crippen LogP contribution >= 0.6 is 7.82 Å². The third-order valence-electron chi connectivity index (χ3n) is 8.42. The Morgan fingerprint density at radius 1 is 0.679 bits per heavy atom. The summed E-state index contributed by atoms with van der Waals surface area (Å²) in [5.74, 6) is -0.867. The second-order valence-corrected chi connectivity index (χ2v) is 16.3. The van der Waals surface area contributed by atoms with Gasteiger partial charge >= 0.3 is 19.8 Å². The minimum atomic E-state index is -4.39. The Morgan fingerprint density at radius 2 is 1.25 bits per heavy atom. The molecule has 53 heavy (non-hydrogen) atoms. The van der Waals surface area contributed by atoms with Crippen LogP contribution in [0.25, 0.3) is 0 Å². The number of allylic oxidation sites excluding steroid dienone is 6. The van der Waals surface area contributed by atoms with Crippen molar-refractivity contribution in [3.05, 3.63) is 48.6 Å². The number of carbonyl (C=O) groups is 2. The number of hydrogen-bond donors (Lipinski definition) is 2. The third-order valence-corrected chi connectivity index (χ3v) is 9.41. The van der Waals surface area contributed by atoms with Gasteiger partial charge in [-0.15, -0.1) is 0 Å². The third kappa shape index (κ3) is 38.0. The Hall–Kier alpha value is -2.07. The number of ether oxygens (including phenoxy) is 2. The molecule has 0 aromatic heterocycles. The topological polar surface area (TPSA) is 129 Å². The summed E-state index contributed by atoms with van der Waals surface area (Å²) < 4.78 is 34.1. The van der Waals surface area contributed by atoms with Gasteiger partial charge in [-0.1, -0.05) is 120 Å². The maximum Gasteiger partial charge on any atom is 0.472 e. The molecule has 0 bridgehead atoms. The largest absolute Gasteiger partial charge is 0.472 e. The highest BCUT2D eigenvalue weighted by Crippen LogP contribution is 2.43. The molecule has 0 aliphatic rings. The van der Waals surface area contributed by atoms with E-state index in [1.807, 2.05) is 45.4 Å². The van der Waals surface area contributed by atoms with Crippen LogP contribution in [0.4, 0.5) is 0 Å². The Bertz CT molecular complexity index is 1070. The summed E-state index contributed by atoms with van der Waals surface area (Å²) in [6.45, 7) is 4.12. The van der Waals surface area contributed by atoms with E-state index in [9.17, 15) is 24.2 Å². The number of aliphatic hydroxyl groups is 1. The fourth-order valence-electron chi connectivity index (χ4n) is 5.16. The van der Waals surface area contributed by atoms with E-state index in [0.717, 1.165) is 70.6 Å². The van der Waals surface area contributed by atoms with E-state index < -0.39 is 38.6 Å². The van der Waals surface area contributed by atoms with Crippen molar-refractivity contribution < 1.29 is 47.2 Å². The van der Waals surface area contributed by atoms with Crippen LogP contribution in [-0.4, -0.2) is 86.1 Å². The predicted molar refractivity (Wildman–Crippen MR) is 216 cm³/mol. The van der Waals surface area contributed by atoms with Gasteiger partial charge in [0.2, 0.25) is 0 Å². The summed E-state index contributed by atoms with van der Waals surface area (Å²) >= 11 is 0. The maximum absolute atomic E-state index is 12.6. The molecule has 0 saturated heterocycles. The molecule has 0 aliphatic heterocycles. The van der Waals surface area contributed by atoms with E-state index in [1.165, 1.54) is 32.1 Å². The molecule has 308 valence electrons. The molecule has 2 N–H and O–H groups in total. The number of rotatable bonds is 36. The lowest BCUT2D eigenvalue weighted by atomic mass is 10.1.